The molecule has 4 aromatic rings. The lowest BCUT2D eigenvalue weighted by Crippen LogP contribution is -2.41. The van der Waals surface area contributed by atoms with Crippen molar-refractivity contribution >= 4 is 28.2 Å². The summed E-state index contributed by atoms with van der Waals surface area (Å²) in [6.07, 6.45) is 0. The van der Waals surface area contributed by atoms with Crippen LogP contribution in [-0.2, 0) is 13.1 Å². The molecule has 0 saturated carbocycles. The van der Waals surface area contributed by atoms with E-state index in [0.29, 0.717) is 23.8 Å². The summed E-state index contributed by atoms with van der Waals surface area (Å²) in [7, 11) is 0. The Balaban J connectivity index is 1.64. The molecule has 168 valence electrons. The first kappa shape index (κ1) is 22.7. The number of H-pyrrole nitrogens is 1. The fourth-order valence-electron chi connectivity index (χ4n) is 4.16. The monoisotopic (exact) mass is 455 g/mol. The zero-order chi connectivity index (χ0) is 23.4. The minimum absolute atomic E-state index is 0.0529. The minimum atomic E-state index is -0.0774. The summed E-state index contributed by atoms with van der Waals surface area (Å²) in [5, 5.41) is 5.12. The number of fused-ring (bicyclic) bond motifs is 1. The summed E-state index contributed by atoms with van der Waals surface area (Å²) in [5.74, 6) is 0. The molecule has 0 aliphatic carbocycles. The molecule has 33 heavy (non-hydrogen) atoms. The Hall–Kier alpha value is -3.44. The summed E-state index contributed by atoms with van der Waals surface area (Å²) in [6.45, 7) is 7.22. The fourth-order valence-corrected chi connectivity index (χ4v) is 4.47. The number of benzene rings is 3. The highest BCUT2D eigenvalue weighted by Crippen LogP contribution is 2.20. The number of aryl methyl sites for hydroxylation is 2. The molecule has 2 N–H and O–H groups in total. The van der Waals surface area contributed by atoms with Gasteiger partial charge in [-0.3, -0.25) is 4.79 Å². The lowest BCUT2D eigenvalue weighted by Gasteiger charge is -2.28. The third kappa shape index (κ3) is 5.49. The summed E-state index contributed by atoms with van der Waals surface area (Å²) < 4.78 is 0. The Morgan fingerprint density at radius 3 is 2.33 bits per heavy atom. The van der Waals surface area contributed by atoms with E-state index in [1.165, 1.54) is 5.56 Å². The third-order valence-electron chi connectivity index (χ3n) is 5.87. The van der Waals surface area contributed by atoms with Gasteiger partial charge in [-0.1, -0.05) is 72.3 Å². The highest BCUT2D eigenvalue weighted by atomic mass is 32.1. The molecule has 4 nitrogen and oxygen atoms in total. The molecule has 0 amide bonds. The average molecular weight is 456 g/mol. The molecular weight excluding hydrogens is 426 g/mol. The molecule has 1 heterocycles. The molecular formula is C28H29N3OS. The normalized spacial score (nSPS) is 11.8. The Morgan fingerprint density at radius 2 is 1.64 bits per heavy atom. The molecule has 5 heteroatoms. The van der Waals surface area contributed by atoms with Crippen LogP contribution < -0.4 is 10.9 Å². The van der Waals surface area contributed by atoms with Gasteiger partial charge in [0, 0.05) is 12.1 Å². The van der Waals surface area contributed by atoms with Gasteiger partial charge in [-0.25, -0.2) is 0 Å². The lowest BCUT2D eigenvalue weighted by atomic mass is 10.0. The van der Waals surface area contributed by atoms with Crippen molar-refractivity contribution in [1.29, 1.82) is 0 Å². The van der Waals surface area contributed by atoms with Crippen LogP contribution >= 0.6 is 12.2 Å². The topological polar surface area (TPSA) is 48.1 Å². The van der Waals surface area contributed by atoms with E-state index in [9.17, 15) is 4.79 Å². The van der Waals surface area contributed by atoms with E-state index >= 15 is 0 Å². The van der Waals surface area contributed by atoms with E-state index < -0.39 is 0 Å². The minimum Gasteiger partial charge on any atom is -0.356 e. The highest BCUT2D eigenvalue weighted by Gasteiger charge is 2.17. The number of rotatable bonds is 6. The largest absolute Gasteiger partial charge is 0.356 e. The predicted molar refractivity (Wildman–Crippen MR) is 140 cm³/mol. The van der Waals surface area contributed by atoms with Gasteiger partial charge in [-0.2, -0.15) is 0 Å². The standard InChI is InChI=1S/C28H29N3OS/c1-19-14-20(2)26-24(15-19)16-25(27(32)30-26)18-31(17-22-10-6-4-7-11-22)28(33)29-21(3)23-12-8-5-9-13-23/h4-16,21H,17-18H2,1-3H3,(H,29,33)(H,30,32)/t21-/m1/s1. The van der Waals surface area contributed by atoms with Crippen LogP contribution in [0.2, 0.25) is 0 Å². The van der Waals surface area contributed by atoms with Crippen LogP contribution in [0.3, 0.4) is 0 Å². The number of pyridine rings is 1. The summed E-state index contributed by atoms with van der Waals surface area (Å²) in [5.41, 5.74) is 6.05. The average Bonchev–Trinajstić information content (AvgIpc) is 2.81. The molecule has 1 atom stereocenters. The van der Waals surface area contributed by atoms with Crippen LogP contribution in [0.25, 0.3) is 10.9 Å². The second-order valence-corrected chi connectivity index (χ2v) is 8.98. The van der Waals surface area contributed by atoms with Gasteiger partial charge in [0.05, 0.1) is 18.1 Å². The van der Waals surface area contributed by atoms with Crippen LogP contribution in [0.4, 0.5) is 0 Å². The number of aromatic nitrogens is 1. The second kappa shape index (κ2) is 10.0. The first-order chi connectivity index (χ1) is 15.9. The molecule has 1 aromatic heterocycles. The van der Waals surface area contributed by atoms with Gasteiger partial charge in [0.2, 0.25) is 0 Å². The van der Waals surface area contributed by atoms with E-state index in [2.05, 4.69) is 65.4 Å². The molecule has 0 fully saturated rings. The molecule has 3 aromatic carbocycles. The Bertz CT molecular complexity index is 1320. The van der Waals surface area contributed by atoms with Crippen molar-refractivity contribution in [3.63, 3.8) is 0 Å². The molecule has 0 saturated heterocycles. The van der Waals surface area contributed by atoms with Gasteiger partial charge in [0.1, 0.15) is 0 Å². The maximum absolute atomic E-state index is 13.0. The van der Waals surface area contributed by atoms with Crippen molar-refractivity contribution in [2.24, 2.45) is 0 Å². The number of thiocarbonyl (C=S) groups is 1. The fraction of sp³-hybridized carbons (Fsp3) is 0.214. The van der Waals surface area contributed by atoms with Gasteiger partial charge in [0.25, 0.3) is 5.56 Å². The smallest absolute Gasteiger partial charge is 0.253 e. The summed E-state index contributed by atoms with van der Waals surface area (Å²) >= 11 is 5.83. The molecule has 0 bridgehead atoms. The van der Waals surface area contributed by atoms with E-state index in [4.69, 9.17) is 12.2 Å². The predicted octanol–water partition coefficient (Wildman–Crippen LogP) is 5.78. The van der Waals surface area contributed by atoms with Gasteiger partial charge >= 0.3 is 0 Å². The Labute approximate surface area is 200 Å². The van der Waals surface area contributed by atoms with Crippen LogP contribution in [-0.4, -0.2) is 15.0 Å². The second-order valence-electron chi connectivity index (χ2n) is 8.59. The van der Waals surface area contributed by atoms with Gasteiger partial charge in [-0.15, -0.1) is 0 Å². The van der Waals surface area contributed by atoms with Crippen molar-refractivity contribution in [3.8, 4) is 0 Å². The molecule has 0 aliphatic heterocycles. The first-order valence-electron chi connectivity index (χ1n) is 11.2. The summed E-state index contributed by atoms with van der Waals surface area (Å²) in [6, 6.07) is 26.7. The first-order valence-corrected chi connectivity index (χ1v) is 11.6. The van der Waals surface area contributed by atoms with Gasteiger partial charge < -0.3 is 15.2 Å². The van der Waals surface area contributed by atoms with Crippen LogP contribution in [0.1, 0.15) is 40.8 Å². The molecule has 0 radical (unpaired) electrons. The number of nitrogens with zero attached hydrogens (tertiary/aromatic N) is 1. The zero-order valence-electron chi connectivity index (χ0n) is 19.3. The maximum Gasteiger partial charge on any atom is 0.253 e. The van der Waals surface area contributed by atoms with Crippen molar-refractivity contribution in [3.05, 3.63) is 117 Å². The van der Waals surface area contributed by atoms with E-state index in [1.807, 2.05) is 49.4 Å². The maximum atomic E-state index is 13.0. The van der Waals surface area contributed by atoms with Crippen molar-refractivity contribution in [1.82, 2.24) is 15.2 Å². The van der Waals surface area contributed by atoms with Crippen molar-refractivity contribution < 1.29 is 0 Å². The SMILES string of the molecule is Cc1cc(C)c2[nH]c(=O)c(CN(Cc3ccccc3)C(=S)N[C@H](C)c3ccccc3)cc2c1. The Morgan fingerprint density at radius 1 is 0.970 bits per heavy atom. The van der Waals surface area contributed by atoms with Crippen molar-refractivity contribution in [2.75, 3.05) is 0 Å². The summed E-state index contributed by atoms with van der Waals surface area (Å²) in [4.78, 5) is 18.1. The quantitative estimate of drug-likeness (QED) is 0.362. The third-order valence-corrected chi connectivity index (χ3v) is 6.25. The van der Waals surface area contributed by atoms with Crippen LogP contribution in [0.5, 0.6) is 0 Å². The lowest BCUT2D eigenvalue weighted by molar-refractivity contribution is 0.392. The molecule has 0 spiro atoms. The number of hydrogen-bond acceptors (Lipinski definition) is 2. The zero-order valence-corrected chi connectivity index (χ0v) is 20.1. The Kier molecular flexibility index (Phi) is 6.90. The molecule has 4 rings (SSSR count). The van der Waals surface area contributed by atoms with Crippen LogP contribution in [0, 0.1) is 13.8 Å². The highest BCUT2D eigenvalue weighted by molar-refractivity contribution is 7.80. The number of aromatic amines is 1. The van der Waals surface area contributed by atoms with E-state index in [-0.39, 0.29) is 11.6 Å². The number of hydrogen-bond donors (Lipinski definition) is 2. The molecule has 0 aliphatic rings. The molecule has 0 unspecified atom stereocenters. The van der Waals surface area contributed by atoms with Crippen molar-refractivity contribution in [2.45, 2.75) is 39.9 Å². The van der Waals surface area contributed by atoms with E-state index in [0.717, 1.165) is 27.6 Å². The van der Waals surface area contributed by atoms with Crippen LogP contribution in [0.15, 0.2) is 83.7 Å². The van der Waals surface area contributed by atoms with Gasteiger partial charge in [0.15, 0.2) is 5.11 Å². The van der Waals surface area contributed by atoms with Gasteiger partial charge in [-0.05, 0) is 67.2 Å². The number of nitrogens with one attached hydrogen (secondary N) is 2. The van der Waals surface area contributed by atoms with E-state index in [1.54, 1.807) is 0 Å².